The molecule has 4 rings (SSSR count). The molecule has 0 unspecified atom stereocenters. The Morgan fingerprint density at radius 2 is 1.89 bits per heavy atom. The maximum absolute atomic E-state index is 13.2. The molecule has 2 aromatic heterocycles. The van der Waals surface area contributed by atoms with Crippen LogP contribution in [0.1, 0.15) is 0 Å². The van der Waals surface area contributed by atoms with Crippen molar-refractivity contribution in [2.45, 2.75) is 12.5 Å². The smallest absolute Gasteiger partial charge is 0.428 e. The summed E-state index contributed by atoms with van der Waals surface area (Å²) in [4.78, 5) is 27.8. The highest BCUT2D eigenvalue weighted by molar-refractivity contribution is 5.63. The number of amides is 1. The number of nitrogens with zero attached hydrogens (tertiary/aromatic N) is 5. The molecular formula is C24H25F4N7O2. The molecule has 37 heavy (non-hydrogen) atoms. The number of nitrogens with one attached hydrogen (secondary N) is 2. The molecule has 0 saturated carbocycles. The van der Waals surface area contributed by atoms with Gasteiger partial charge in [0, 0.05) is 69.0 Å². The zero-order chi connectivity index (χ0) is 26.3. The molecule has 1 aromatic carbocycles. The Kier molecular flexibility index (Phi) is 8.33. The summed E-state index contributed by atoms with van der Waals surface area (Å²) in [7, 11) is 0. The maximum Gasteiger partial charge on any atom is 0.461 e. The second-order valence-electron chi connectivity index (χ2n) is 8.22. The molecule has 0 spiro atoms. The second kappa shape index (κ2) is 11.8. The van der Waals surface area contributed by atoms with Gasteiger partial charge < -0.3 is 20.3 Å². The third-order valence-corrected chi connectivity index (χ3v) is 5.60. The summed E-state index contributed by atoms with van der Waals surface area (Å²) in [5, 5.41) is 6.13. The van der Waals surface area contributed by atoms with Crippen molar-refractivity contribution in [1.29, 1.82) is 0 Å². The maximum atomic E-state index is 13.2. The fraction of sp³-hybridized carbons (Fsp3) is 0.333. The van der Waals surface area contributed by atoms with Gasteiger partial charge in [-0.15, -0.1) is 0 Å². The fourth-order valence-corrected chi connectivity index (χ4v) is 3.63. The van der Waals surface area contributed by atoms with Gasteiger partial charge in [0.15, 0.2) is 0 Å². The predicted octanol–water partition coefficient (Wildman–Crippen LogP) is 3.70. The van der Waals surface area contributed by atoms with Crippen LogP contribution in [-0.4, -0.2) is 83.0 Å². The van der Waals surface area contributed by atoms with Gasteiger partial charge in [-0.3, -0.25) is 9.69 Å². The quantitative estimate of drug-likeness (QED) is 0.293. The van der Waals surface area contributed by atoms with Crippen LogP contribution in [0.2, 0.25) is 0 Å². The molecule has 0 radical (unpaired) electrons. The standard InChI is InChI=1S/C24H25F4N7O2/c25-22(26)24(27,28)37-19-3-1-2-18(14-19)32-23-30-7-6-20(33-23)17-4-5-21(31-15-17)29-8-9-34-10-12-35(16-36)13-11-34/h1-7,14-16,22H,8-13H2,(H,29,31)(H,30,32,33). The van der Waals surface area contributed by atoms with E-state index in [4.69, 9.17) is 0 Å². The van der Waals surface area contributed by atoms with E-state index in [0.29, 0.717) is 18.1 Å². The number of anilines is 3. The number of carbonyl (C=O) groups excluding carboxylic acids is 1. The van der Waals surface area contributed by atoms with Crippen LogP contribution < -0.4 is 15.4 Å². The zero-order valence-electron chi connectivity index (χ0n) is 19.7. The number of halogens is 4. The number of carbonyl (C=O) groups is 1. The van der Waals surface area contributed by atoms with Crippen LogP contribution in [0.3, 0.4) is 0 Å². The van der Waals surface area contributed by atoms with Crippen LogP contribution in [0.4, 0.5) is 35.0 Å². The van der Waals surface area contributed by atoms with E-state index in [1.807, 2.05) is 12.1 Å². The molecule has 0 bridgehead atoms. The molecule has 1 saturated heterocycles. The van der Waals surface area contributed by atoms with Gasteiger partial charge in [-0.1, -0.05) is 6.07 Å². The molecule has 1 fully saturated rings. The van der Waals surface area contributed by atoms with E-state index in [2.05, 4.69) is 35.2 Å². The van der Waals surface area contributed by atoms with Crippen molar-refractivity contribution in [3.63, 3.8) is 0 Å². The minimum absolute atomic E-state index is 0.173. The molecule has 13 heteroatoms. The molecule has 9 nitrogen and oxygen atoms in total. The second-order valence-corrected chi connectivity index (χ2v) is 8.22. The van der Waals surface area contributed by atoms with E-state index < -0.39 is 18.3 Å². The zero-order valence-corrected chi connectivity index (χ0v) is 19.7. The summed E-state index contributed by atoms with van der Waals surface area (Å²) < 4.78 is 55.3. The molecular weight excluding hydrogens is 494 g/mol. The summed E-state index contributed by atoms with van der Waals surface area (Å²) in [6, 6.07) is 10.6. The third kappa shape index (κ3) is 7.26. The van der Waals surface area contributed by atoms with Gasteiger partial charge in [-0.25, -0.2) is 15.0 Å². The van der Waals surface area contributed by atoms with Crippen LogP contribution in [-0.2, 0) is 4.79 Å². The van der Waals surface area contributed by atoms with Gasteiger partial charge in [0.1, 0.15) is 11.6 Å². The Morgan fingerprint density at radius 1 is 1.08 bits per heavy atom. The molecule has 1 aliphatic heterocycles. The molecule has 3 heterocycles. The summed E-state index contributed by atoms with van der Waals surface area (Å²) in [6.45, 7) is 4.71. The van der Waals surface area contributed by atoms with Gasteiger partial charge >= 0.3 is 12.5 Å². The lowest BCUT2D eigenvalue weighted by Gasteiger charge is -2.32. The number of benzene rings is 1. The third-order valence-electron chi connectivity index (χ3n) is 5.60. The fourth-order valence-electron chi connectivity index (χ4n) is 3.63. The minimum Gasteiger partial charge on any atom is -0.428 e. The average molecular weight is 520 g/mol. The highest BCUT2D eigenvalue weighted by Crippen LogP contribution is 2.29. The van der Waals surface area contributed by atoms with Crippen LogP contribution in [0.25, 0.3) is 11.3 Å². The number of alkyl halides is 4. The van der Waals surface area contributed by atoms with Crippen molar-refractivity contribution < 1.29 is 27.1 Å². The number of rotatable bonds is 11. The van der Waals surface area contributed by atoms with E-state index >= 15 is 0 Å². The van der Waals surface area contributed by atoms with E-state index in [1.165, 1.54) is 18.3 Å². The Balaban J connectivity index is 1.33. The average Bonchev–Trinajstić information content (AvgIpc) is 2.89. The molecule has 1 aliphatic rings. The van der Waals surface area contributed by atoms with Gasteiger partial charge in [-0.05, 0) is 30.3 Å². The lowest BCUT2D eigenvalue weighted by atomic mass is 10.2. The SMILES string of the molecule is O=CN1CCN(CCNc2ccc(-c3ccnc(Nc4cccc(OC(F)(F)C(F)F)c4)n3)cn2)CC1. The van der Waals surface area contributed by atoms with Crippen molar-refractivity contribution in [1.82, 2.24) is 24.8 Å². The minimum atomic E-state index is -4.60. The van der Waals surface area contributed by atoms with Crippen molar-refractivity contribution in [3.05, 3.63) is 54.9 Å². The largest absolute Gasteiger partial charge is 0.461 e. The number of ether oxygens (including phenoxy) is 1. The van der Waals surface area contributed by atoms with Gasteiger partial charge in [-0.2, -0.15) is 17.6 Å². The van der Waals surface area contributed by atoms with Crippen molar-refractivity contribution in [3.8, 4) is 17.0 Å². The van der Waals surface area contributed by atoms with Crippen LogP contribution in [0.5, 0.6) is 5.75 Å². The first-order valence-corrected chi connectivity index (χ1v) is 11.5. The first-order valence-electron chi connectivity index (χ1n) is 11.5. The number of hydrogen-bond acceptors (Lipinski definition) is 8. The summed E-state index contributed by atoms with van der Waals surface area (Å²) in [6.07, 6.45) is -4.49. The van der Waals surface area contributed by atoms with Crippen molar-refractivity contribution in [2.24, 2.45) is 0 Å². The Labute approximate surface area is 210 Å². The number of piperazine rings is 1. The van der Waals surface area contributed by atoms with E-state index in [0.717, 1.165) is 56.8 Å². The monoisotopic (exact) mass is 519 g/mol. The van der Waals surface area contributed by atoms with Crippen LogP contribution in [0, 0.1) is 0 Å². The molecule has 3 aromatic rings. The number of aromatic nitrogens is 3. The van der Waals surface area contributed by atoms with E-state index in [1.54, 1.807) is 17.2 Å². The Bertz CT molecular complexity index is 1180. The van der Waals surface area contributed by atoms with Gasteiger partial charge in [0.05, 0.1) is 5.69 Å². The molecule has 0 aliphatic carbocycles. The van der Waals surface area contributed by atoms with Crippen molar-refractivity contribution in [2.75, 3.05) is 49.9 Å². The van der Waals surface area contributed by atoms with Crippen LogP contribution in [0.15, 0.2) is 54.9 Å². The van der Waals surface area contributed by atoms with Gasteiger partial charge in [0.25, 0.3) is 0 Å². The first kappa shape index (κ1) is 26.1. The lowest BCUT2D eigenvalue weighted by molar-refractivity contribution is -0.253. The molecule has 196 valence electrons. The van der Waals surface area contributed by atoms with E-state index in [9.17, 15) is 22.4 Å². The Morgan fingerprint density at radius 3 is 2.59 bits per heavy atom. The Hall–Kier alpha value is -4.00. The van der Waals surface area contributed by atoms with Crippen molar-refractivity contribution >= 4 is 23.9 Å². The summed E-state index contributed by atoms with van der Waals surface area (Å²) >= 11 is 0. The van der Waals surface area contributed by atoms with Gasteiger partial charge in [0.2, 0.25) is 12.4 Å². The molecule has 2 N–H and O–H groups in total. The lowest BCUT2D eigenvalue weighted by Crippen LogP contribution is -2.46. The highest BCUT2D eigenvalue weighted by atomic mass is 19.3. The summed E-state index contributed by atoms with van der Waals surface area (Å²) in [5.74, 6) is 0.453. The highest BCUT2D eigenvalue weighted by Gasteiger charge is 2.44. The molecule has 1 amide bonds. The predicted molar refractivity (Wildman–Crippen MR) is 129 cm³/mol. The van der Waals surface area contributed by atoms with Crippen LogP contribution >= 0.6 is 0 Å². The number of hydrogen-bond donors (Lipinski definition) is 2. The topological polar surface area (TPSA) is 95.5 Å². The number of pyridine rings is 1. The first-order chi connectivity index (χ1) is 17.8. The van der Waals surface area contributed by atoms with E-state index in [-0.39, 0.29) is 11.6 Å². The normalized spacial score (nSPS) is 14.5. The molecule has 0 atom stereocenters. The summed E-state index contributed by atoms with van der Waals surface area (Å²) in [5.41, 5.74) is 1.58.